The van der Waals surface area contributed by atoms with E-state index >= 15 is 0 Å². The Morgan fingerprint density at radius 2 is 2.18 bits per heavy atom. The molecule has 1 aromatic heterocycles. The van der Waals surface area contributed by atoms with Crippen molar-refractivity contribution in [1.82, 2.24) is 5.32 Å². The molecule has 0 amide bonds. The third-order valence-corrected chi connectivity index (χ3v) is 3.63. The van der Waals surface area contributed by atoms with Gasteiger partial charge in [0.05, 0.1) is 6.54 Å². The van der Waals surface area contributed by atoms with Crippen molar-refractivity contribution >= 4 is 38.5 Å². The topological polar surface area (TPSA) is 25.2 Å². The van der Waals surface area contributed by atoms with Crippen LogP contribution in [0.3, 0.4) is 0 Å². The first kappa shape index (κ1) is 13.1. The van der Waals surface area contributed by atoms with Gasteiger partial charge in [-0.2, -0.15) is 0 Å². The molecular formula is C13H13BrINO. The first-order valence-corrected chi connectivity index (χ1v) is 7.25. The van der Waals surface area contributed by atoms with Gasteiger partial charge in [-0.05, 0) is 59.3 Å². The molecule has 1 aromatic carbocycles. The number of benzene rings is 1. The molecule has 1 atom stereocenters. The Balaban J connectivity index is 1.95. The summed E-state index contributed by atoms with van der Waals surface area (Å²) in [6.07, 6.45) is 0. The molecule has 17 heavy (non-hydrogen) atoms. The van der Waals surface area contributed by atoms with E-state index in [4.69, 9.17) is 4.42 Å². The van der Waals surface area contributed by atoms with Crippen molar-refractivity contribution in [1.29, 1.82) is 0 Å². The van der Waals surface area contributed by atoms with E-state index in [0.717, 1.165) is 20.5 Å². The number of hydrogen-bond donors (Lipinski definition) is 1. The number of furan rings is 1. The van der Waals surface area contributed by atoms with E-state index in [9.17, 15) is 0 Å². The minimum absolute atomic E-state index is 0.301. The van der Waals surface area contributed by atoms with E-state index in [1.807, 2.05) is 24.3 Å². The van der Waals surface area contributed by atoms with Crippen LogP contribution in [0.1, 0.15) is 24.3 Å². The van der Waals surface area contributed by atoms with Crippen LogP contribution in [0.4, 0.5) is 0 Å². The van der Waals surface area contributed by atoms with Crippen LogP contribution in [0, 0.1) is 3.77 Å². The highest BCUT2D eigenvalue weighted by Gasteiger charge is 2.06. The molecule has 2 nitrogen and oxygen atoms in total. The summed E-state index contributed by atoms with van der Waals surface area (Å²) < 4.78 is 7.54. The van der Waals surface area contributed by atoms with Gasteiger partial charge in [0.1, 0.15) is 5.76 Å². The number of halogens is 2. The van der Waals surface area contributed by atoms with Gasteiger partial charge < -0.3 is 9.73 Å². The zero-order valence-electron chi connectivity index (χ0n) is 9.41. The van der Waals surface area contributed by atoms with Gasteiger partial charge in [0.15, 0.2) is 3.77 Å². The quantitative estimate of drug-likeness (QED) is 0.757. The fraction of sp³-hybridized carbons (Fsp3) is 0.231. The molecule has 4 heteroatoms. The largest absolute Gasteiger partial charge is 0.454 e. The standard InChI is InChI=1S/C13H13BrINO/c1-9(10-3-2-4-11(14)7-10)16-8-12-5-6-13(15)17-12/h2-7,9,16H,8H2,1H3/t9-/m0/s1. The number of nitrogens with one attached hydrogen (secondary N) is 1. The Bertz CT molecular complexity index is 498. The summed E-state index contributed by atoms with van der Waals surface area (Å²) in [5, 5.41) is 3.44. The second kappa shape index (κ2) is 6.02. The average Bonchev–Trinajstić information content (AvgIpc) is 2.72. The molecule has 1 N–H and O–H groups in total. The van der Waals surface area contributed by atoms with Gasteiger partial charge in [0, 0.05) is 10.5 Å². The molecule has 2 aromatic rings. The van der Waals surface area contributed by atoms with Gasteiger partial charge in [-0.1, -0.05) is 28.1 Å². The lowest BCUT2D eigenvalue weighted by atomic mass is 10.1. The van der Waals surface area contributed by atoms with Crippen LogP contribution >= 0.6 is 38.5 Å². The zero-order chi connectivity index (χ0) is 12.3. The van der Waals surface area contributed by atoms with E-state index in [1.165, 1.54) is 5.56 Å². The third kappa shape index (κ3) is 3.82. The van der Waals surface area contributed by atoms with Crippen molar-refractivity contribution in [3.8, 4) is 0 Å². The van der Waals surface area contributed by atoms with Crippen molar-refractivity contribution < 1.29 is 4.42 Å². The second-order valence-corrected chi connectivity index (χ2v) is 5.84. The minimum atomic E-state index is 0.301. The lowest BCUT2D eigenvalue weighted by Crippen LogP contribution is -2.17. The smallest absolute Gasteiger partial charge is 0.164 e. The summed E-state index contributed by atoms with van der Waals surface area (Å²) in [5.41, 5.74) is 1.26. The lowest BCUT2D eigenvalue weighted by Gasteiger charge is -2.13. The van der Waals surface area contributed by atoms with E-state index in [1.54, 1.807) is 0 Å². The summed E-state index contributed by atoms with van der Waals surface area (Å²) in [7, 11) is 0. The van der Waals surface area contributed by atoms with Gasteiger partial charge in [-0.15, -0.1) is 0 Å². The van der Waals surface area contributed by atoms with Crippen molar-refractivity contribution in [2.75, 3.05) is 0 Å². The summed E-state index contributed by atoms with van der Waals surface area (Å²) in [6, 6.07) is 12.6. The van der Waals surface area contributed by atoms with Gasteiger partial charge >= 0.3 is 0 Å². The molecule has 0 aliphatic rings. The highest BCUT2D eigenvalue weighted by atomic mass is 127. The van der Waals surface area contributed by atoms with Crippen molar-refractivity contribution in [2.24, 2.45) is 0 Å². The van der Waals surface area contributed by atoms with Crippen molar-refractivity contribution in [3.63, 3.8) is 0 Å². The van der Waals surface area contributed by atoms with Crippen LogP contribution in [0.25, 0.3) is 0 Å². The van der Waals surface area contributed by atoms with Crippen LogP contribution in [0.5, 0.6) is 0 Å². The second-order valence-electron chi connectivity index (χ2n) is 3.86. The fourth-order valence-electron chi connectivity index (χ4n) is 1.59. The van der Waals surface area contributed by atoms with E-state index in [0.29, 0.717) is 6.04 Å². The van der Waals surface area contributed by atoms with Gasteiger partial charge in [-0.3, -0.25) is 0 Å². The van der Waals surface area contributed by atoms with E-state index < -0.39 is 0 Å². The van der Waals surface area contributed by atoms with Crippen molar-refractivity contribution in [3.05, 3.63) is 56.0 Å². The van der Waals surface area contributed by atoms with E-state index in [2.05, 4.69) is 62.9 Å². The maximum atomic E-state index is 5.51. The van der Waals surface area contributed by atoms with Crippen LogP contribution < -0.4 is 5.32 Å². The highest BCUT2D eigenvalue weighted by molar-refractivity contribution is 14.1. The average molecular weight is 406 g/mol. The Hall–Kier alpha value is -0.330. The van der Waals surface area contributed by atoms with Gasteiger partial charge in [-0.25, -0.2) is 0 Å². The summed E-state index contributed by atoms with van der Waals surface area (Å²) in [5.74, 6) is 0.969. The predicted molar refractivity (Wildman–Crippen MR) is 80.8 cm³/mol. The summed E-state index contributed by atoms with van der Waals surface area (Å²) in [4.78, 5) is 0. The molecule has 90 valence electrons. The summed E-state index contributed by atoms with van der Waals surface area (Å²) >= 11 is 5.66. The Labute approximate surface area is 123 Å². The Morgan fingerprint density at radius 1 is 1.35 bits per heavy atom. The molecular weight excluding hydrogens is 393 g/mol. The maximum absolute atomic E-state index is 5.51. The molecule has 0 radical (unpaired) electrons. The monoisotopic (exact) mass is 405 g/mol. The van der Waals surface area contributed by atoms with Crippen molar-refractivity contribution in [2.45, 2.75) is 19.5 Å². The molecule has 0 unspecified atom stereocenters. The van der Waals surface area contributed by atoms with Crippen LogP contribution in [-0.2, 0) is 6.54 Å². The molecule has 0 bridgehead atoms. The number of hydrogen-bond acceptors (Lipinski definition) is 2. The summed E-state index contributed by atoms with van der Waals surface area (Å²) in [6.45, 7) is 2.90. The van der Waals surface area contributed by atoms with Gasteiger partial charge in [0.25, 0.3) is 0 Å². The fourth-order valence-corrected chi connectivity index (χ4v) is 2.47. The maximum Gasteiger partial charge on any atom is 0.164 e. The zero-order valence-corrected chi connectivity index (χ0v) is 13.2. The Kier molecular flexibility index (Phi) is 4.64. The van der Waals surface area contributed by atoms with E-state index in [-0.39, 0.29) is 0 Å². The van der Waals surface area contributed by atoms with Crippen LogP contribution in [0.15, 0.2) is 45.3 Å². The minimum Gasteiger partial charge on any atom is -0.454 e. The molecule has 2 rings (SSSR count). The van der Waals surface area contributed by atoms with Crippen LogP contribution in [-0.4, -0.2) is 0 Å². The first-order valence-electron chi connectivity index (χ1n) is 5.38. The third-order valence-electron chi connectivity index (χ3n) is 2.56. The predicted octanol–water partition coefficient (Wildman–Crippen LogP) is 4.50. The lowest BCUT2D eigenvalue weighted by molar-refractivity contribution is 0.445. The molecule has 1 heterocycles. The molecule has 0 saturated carbocycles. The normalized spacial score (nSPS) is 12.6. The number of rotatable bonds is 4. The first-order chi connectivity index (χ1) is 8.15. The molecule has 0 aliphatic carbocycles. The molecule has 0 saturated heterocycles. The molecule has 0 aliphatic heterocycles. The van der Waals surface area contributed by atoms with Gasteiger partial charge in [0.2, 0.25) is 0 Å². The highest BCUT2D eigenvalue weighted by Crippen LogP contribution is 2.18. The molecule has 0 fully saturated rings. The van der Waals surface area contributed by atoms with Crippen LogP contribution in [0.2, 0.25) is 0 Å². The molecule has 0 spiro atoms. The SMILES string of the molecule is C[C@H](NCc1ccc(I)o1)c1cccc(Br)c1. The Morgan fingerprint density at radius 3 is 2.82 bits per heavy atom.